The minimum absolute atomic E-state index is 0.0447. The molecule has 2 N–H and O–H groups in total. The van der Waals surface area contributed by atoms with Crippen LogP contribution < -0.4 is 9.46 Å². The summed E-state index contributed by atoms with van der Waals surface area (Å²) in [5.41, 5.74) is 1.33. The zero-order chi connectivity index (χ0) is 19.1. The van der Waals surface area contributed by atoms with Crippen LogP contribution in [0.1, 0.15) is 24.3 Å². The molecule has 2 aliphatic rings. The van der Waals surface area contributed by atoms with Crippen molar-refractivity contribution in [2.45, 2.75) is 37.1 Å². The van der Waals surface area contributed by atoms with Crippen molar-refractivity contribution in [1.82, 2.24) is 4.90 Å². The van der Waals surface area contributed by atoms with Gasteiger partial charge in [0.15, 0.2) is 0 Å². The fourth-order valence-corrected chi connectivity index (χ4v) is 4.10. The first-order valence-electron chi connectivity index (χ1n) is 8.43. The van der Waals surface area contributed by atoms with Gasteiger partial charge in [0.05, 0.1) is 25.4 Å². The summed E-state index contributed by atoms with van der Waals surface area (Å²) in [5, 5.41) is 9.69. The zero-order valence-electron chi connectivity index (χ0n) is 15.0. The molecule has 1 fully saturated rings. The van der Waals surface area contributed by atoms with Crippen molar-refractivity contribution in [2.24, 2.45) is 0 Å². The van der Waals surface area contributed by atoms with Crippen LogP contribution in [0.3, 0.4) is 0 Å². The van der Waals surface area contributed by atoms with Crippen molar-refractivity contribution < 1.29 is 27.8 Å². The van der Waals surface area contributed by atoms with E-state index in [2.05, 4.69) is 4.72 Å². The number of nitrogens with zero attached hydrogens (tertiary/aromatic N) is 1. The number of carbonyl (C=O) groups excluding carboxylic acids is 1. The number of rotatable bonds is 5. The van der Waals surface area contributed by atoms with E-state index in [1.54, 1.807) is 32.3 Å². The second-order valence-corrected chi connectivity index (χ2v) is 8.77. The topological polar surface area (TPSA) is 105 Å². The van der Waals surface area contributed by atoms with E-state index in [-0.39, 0.29) is 37.1 Å². The van der Waals surface area contributed by atoms with Crippen LogP contribution in [0.15, 0.2) is 18.2 Å². The number of carbonyl (C=O) groups is 1. The number of fused-ring (bicyclic) bond motifs is 3. The molecule has 2 aliphatic heterocycles. The van der Waals surface area contributed by atoms with Crippen LogP contribution in [0, 0.1) is 0 Å². The Morgan fingerprint density at radius 3 is 2.73 bits per heavy atom. The Morgan fingerprint density at radius 2 is 2.12 bits per heavy atom. The van der Waals surface area contributed by atoms with Gasteiger partial charge in [-0.05, 0) is 24.6 Å². The zero-order valence-corrected chi connectivity index (χ0v) is 15.8. The van der Waals surface area contributed by atoms with Gasteiger partial charge in [-0.25, -0.2) is 8.42 Å². The smallest absolute Gasteiger partial charge is 0.229 e. The monoisotopic (exact) mass is 384 g/mol. The van der Waals surface area contributed by atoms with Gasteiger partial charge in [0.1, 0.15) is 18.0 Å². The Bertz CT molecular complexity index is 794. The van der Waals surface area contributed by atoms with Crippen LogP contribution in [0.25, 0.3) is 0 Å². The Labute approximate surface area is 153 Å². The summed E-state index contributed by atoms with van der Waals surface area (Å²) in [7, 11) is -0.00303. The summed E-state index contributed by atoms with van der Waals surface area (Å²) in [4.78, 5) is 13.5. The van der Waals surface area contributed by atoms with Gasteiger partial charge >= 0.3 is 0 Å². The van der Waals surface area contributed by atoms with Crippen LogP contribution in [-0.4, -0.2) is 69.6 Å². The number of anilines is 1. The van der Waals surface area contributed by atoms with Gasteiger partial charge < -0.3 is 19.5 Å². The third-order valence-corrected chi connectivity index (χ3v) is 5.31. The fraction of sp³-hybridized carbons (Fsp3) is 0.588. The van der Waals surface area contributed by atoms with Crippen LogP contribution in [0.4, 0.5) is 5.69 Å². The van der Waals surface area contributed by atoms with Crippen molar-refractivity contribution in [3.63, 3.8) is 0 Å². The molecule has 1 amide bonds. The molecule has 9 heteroatoms. The van der Waals surface area contributed by atoms with E-state index >= 15 is 0 Å². The Balaban J connectivity index is 1.85. The average molecular weight is 384 g/mol. The molecule has 1 aromatic carbocycles. The summed E-state index contributed by atoms with van der Waals surface area (Å²) < 4.78 is 37.2. The lowest BCUT2D eigenvalue weighted by atomic mass is 9.84. The van der Waals surface area contributed by atoms with Crippen molar-refractivity contribution in [2.75, 3.05) is 31.7 Å². The first-order valence-corrected chi connectivity index (χ1v) is 10.3. The lowest BCUT2D eigenvalue weighted by molar-refractivity contribution is -0.147. The minimum atomic E-state index is -3.38. The minimum Gasteiger partial charge on any atom is -0.487 e. The summed E-state index contributed by atoms with van der Waals surface area (Å²) in [6, 6.07) is 5.11. The number of ether oxygens (including phenoxy) is 2. The van der Waals surface area contributed by atoms with Gasteiger partial charge in [-0.2, -0.15) is 0 Å². The lowest BCUT2D eigenvalue weighted by Gasteiger charge is -2.37. The SMILES string of the molecule is CN(C)C(=O)C[C@@H]1C[C@@H]2c3cc(NS(C)(=O)=O)ccc3O[C@@H]2[C@@H](CO)O1. The first-order chi connectivity index (χ1) is 12.2. The van der Waals surface area contributed by atoms with Crippen molar-refractivity contribution in [3.8, 4) is 5.75 Å². The Kier molecular flexibility index (Phi) is 5.14. The van der Waals surface area contributed by atoms with Gasteiger partial charge in [0, 0.05) is 31.3 Å². The maximum absolute atomic E-state index is 12.0. The highest BCUT2D eigenvalue weighted by Gasteiger charge is 2.46. The predicted molar refractivity (Wildman–Crippen MR) is 95.7 cm³/mol. The average Bonchev–Trinajstić information content (AvgIpc) is 2.90. The third-order valence-electron chi connectivity index (χ3n) is 4.70. The fourth-order valence-electron chi connectivity index (χ4n) is 3.54. The molecule has 3 rings (SSSR count). The van der Waals surface area contributed by atoms with Crippen LogP contribution in [-0.2, 0) is 19.6 Å². The predicted octanol–water partition coefficient (Wildman–Crippen LogP) is 0.531. The number of aliphatic hydroxyl groups excluding tert-OH is 1. The first kappa shape index (κ1) is 18.9. The van der Waals surface area contributed by atoms with E-state index in [1.165, 1.54) is 4.90 Å². The van der Waals surface area contributed by atoms with E-state index in [1.807, 2.05) is 0 Å². The standard InChI is InChI=1S/C17H24N2O6S/c1-19(2)16(21)8-11-7-13-12-6-10(18-26(3,22)23)4-5-14(12)25-17(13)15(9-20)24-11/h4-6,11,13,15,17-18,20H,7-9H2,1-3H3/t11-,13+,15+,17-/m0/s1. The van der Waals surface area contributed by atoms with Crippen molar-refractivity contribution >= 4 is 21.6 Å². The van der Waals surface area contributed by atoms with E-state index < -0.39 is 16.1 Å². The second kappa shape index (κ2) is 7.05. The molecule has 144 valence electrons. The van der Waals surface area contributed by atoms with E-state index in [4.69, 9.17) is 9.47 Å². The molecule has 26 heavy (non-hydrogen) atoms. The van der Waals surface area contributed by atoms with Crippen LogP contribution in [0.2, 0.25) is 0 Å². The molecule has 4 atom stereocenters. The van der Waals surface area contributed by atoms with E-state index in [9.17, 15) is 18.3 Å². The molecule has 0 saturated carbocycles. The number of amides is 1. The molecule has 2 heterocycles. The van der Waals surface area contributed by atoms with Gasteiger partial charge in [-0.15, -0.1) is 0 Å². The maximum atomic E-state index is 12.0. The molecule has 0 unspecified atom stereocenters. The molecule has 0 bridgehead atoms. The number of hydrogen-bond acceptors (Lipinski definition) is 6. The Hall–Kier alpha value is -1.84. The molecule has 0 spiro atoms. The van der Waals surface area contributed by atoms with E-state index in [0.717, 1.165) is 11.8 Å². The number of sulfonamides is 1. The number of aliphatic hydroxyl groups is 1. The van der Waals surface area contributed by atoms with Gasteiger partial charge in [0.2, 0.25) is 15.9 Å². The summed E-state index contributed by atoms with van der Waals surface area (Å²) in [6.07, 6.45) is 0.670. The van der Waals surface area contributed by atoms with Crippen molar-refractivity contribution in [3.05, 3.63) is 23.8 Å². The number of nitrogens with one attached hydrogen (secondary N) is 1. The van der Waals surface area contributed by atoms with Gasteiger partial charge in [-0.1, -0.05) is 0 Å². The summed E-state index contributed by atoms with van der Waals surface area (Å²) >= 11 is 0. The molecule has 1 aromatic rings. The number of benzene rings is 1. The highest BCUT2D eigenvalue weighted by atomic mass is 32.2. The largest absolute Gasteiger partial charge is 0.487 e. The third kappa shape index (κ3) is 3.94. The molecule has 0 aromatic heterocycles. The molecule has 8 nitrogen and oxygen atoms in total. The molecular weight excluding hydrogens is 360 g/mol. The van der Waals surface area contributed by atoms with Gasteiger partial charge in [0.25, 0.3) is 0 Å². The highest BCUT2D eigenvalue weighted by Crippen LogP contribution is 2.47. The summed E-state index contributed by atoms with van der Waals surface area (Å²) in [5.74, 6) is 0.537. The highest BCUT2D eigenvalue weighted by molar-refractivity contribution is 7.92. The normalized spacial score (nSPS) is 27.2. The number of hydrogen-bond donors (Lipinski definition) is 2. The maximum Gasteiger partial charge on any atom is 0.229 e. The molecular formula is C17H24N2O6S. The molecule has 0 radical (unpaired) electrons. The van der Waals surface area contributed by atoms with Crippen LogP contribution >= 0.6 is 0 Å². The van der Waals surface area contributed by atoms with E-state index in [0.29, 0.717) is 17.9 Å². The second-order valence-electron chi connectivity index (χ2n) is 7.02. The quantitative estimate of drug-likeness (QED) is 0.767. The molecule has 1 saturated heterocycles. The lowest BCUT2D eigenvalue weighted by Crippen LogP contribution is -2.47. The Morgan fingerprint density at radius 1 is 1.38 bits per heavy atom. The van der Waals surface area contributed by atoms with Gasteiger partial charge in [-0.3, -0.25) is 9.52 Å². The van der Waals surface area contributed by atoms with Crippen LogP contribution in [0.5, 0.6) is 5.75 Å². The summed E-state index contributed by atoms with van der Waals surface area (Å²) in [6.45, 7) is -0.212. The van der Waals surface area contributed by atoms with Crippen molar-refractivity contribution in [1.29, 1.82) is 0 Å². The molecule has 0 aliphatic carbocycles.